The van der Waals surface area contributed by atoms with Crippen LogP contribution in [0.2, 0.25) is 0 Å². The molecule has 4 nitrogen and oxygen atoms in total. The topological polar surface area (TPSA) is 57.0 Å². The van der Waals surface area contributed by atoms with Gasteiger partial charge in [0.15, 0.2) is 0 Å². The second-order valence-electron chi connectivity index (χ2n) is 4.77. The summed E-state index contributed by atoms with van der Waals surface area (Å²) in [6.45, 7) is 6.86. The average molecular weight is 311 g/mol. The van der Waals surface area contributed by atoms with E-state index in [-0.39, 0.29) is 11.5 Å². The van der Waals surface area contributed by atoms with Crippen molar-refractivity contribution in [2.24, 2.45) is 0 Å². The molecule has 0 N–H and O–H groups in total. The zero-order valence-electron chi connectivity index (χ0n) is 12.5. The first-order valence-corrected chi connectivity index (χ1v) is 7.85. The van der Waals surface area contributed by atoms with Gasteiger partial charge in [-0.15, -0.1) is 11.3 Å². The van der Waals surface area contributed by atoms with Gasteiger partial charge in [0.1, 0.15) is 16.6 Å². The molecule has 0 bridgehead atoms. The van der Waals surface area contributed by atoms with E-state index in [1.165, 1.54) is 11.3 Å². The molecule has 1 aliphatic rings. The smallest absolute Gasteiger partial charge is 0.264 e. The highest BCUT2D eigenvalue weighted by Crippen LogP contribution is 2.22. The third-order valence-corrected chi connectivity index (χ3v) is 4.12. The summed E-state index contributed by atoms with van der Waals surface area (Å²) in [5.41, 5.74) is 2.35. The highest BCUT2D eigenvalue weighted by molar-refractivity contribution is 7.10. The van der Waals surface area contributed by atoms with Crippen molar-refractivity contribution in [2.75, 3.05) is 13.1 Å². The van der Waals surface area contributed by atoms with Crippen LogP contribution in [-0.4, -0.2) is 28.9 Å². The van der Waals surface area contributed by atoms with Crippen LogP contribution in [0.5, 0.6) is 0 Å². The Hall–Kier alpha value is -2.45. The van der Waals surface area contributed by atoms with Gasteiger partial charge < -0.3 is 4.90 Å². The predicted octanol–water partition coefficient (Wildman–Crippen LogP) is 3.34. The van der Waals surface area contributed by atoms with Crippen LogP contribution < -0.4 is 0 Å². The molecule has 0 radical (unpaired) electrons. The van der Waals surface area contributed by atoms with Crippen molar-refractivity contribution in [2.45, 2.75) is 13.3 Å². The van der Waals surface area contributed by atoms with Crippen molar-refractivity contribution in [1.82, 2.24) is 9.88 Å². The van der Waals surface area contributed by atoms with Gasteiger partial charge in [-0.25, -0.2) is 4.98 Å². The van der Waals surface area contributed by atoms with Crippen molar-refractivity contribution in [1.29, 1.82) is 5.26 Å². The SMILES string of the molecule is C=CC1=C(/C=C\C)CN(C(=O)/C(C#N)=C/c2nccs2)CC1. The second-order valence-corrected chi connectivity index (χ2v) is 5.70. The first-order chi connectivity index (χ1) is 10.7. The monoisotopic (exact) mass is 311 g/mol. The summed E-state index contributed by atoms with van der Waals surface area (Å²) >= 11 is 1.40. The fourth-order valence-corrected chi connectivity index (χ4v) is 2.88. The molecule has 5 heteroatoms. The third kappa shape index (κ3) is 3.60. The molecule has 22 heavy (non-hydrogen) atoms. The van der Waals surface area contributed by atoms with Crippen LogP contribution in [0.3, 0.4) is 0 Å². The van der Waals surface area contributed by atoms with Gasteiger partial charge in [-0.05, 0) is 30.6 Å². The molecule has 0 spiro atoms. The Labute approximate surface area is 134 Å². The van der Waals surface area contributed by atoms with E-state index in [0.29, 0.717) is 18.1 Å². The van der Waals surface area contributed by atoms with Gasteiger partial charge in [0.25, 0.3) is 5.91 Å². The minimum atomic E-state index is -0.247. The van der Waals surface area contributed by atoms with Crippen LogP contribution in [0.25, 0.3) is 6.08 Å². The quantitative estimate of drug-likeness (QED) is 0.633. The number of carbonyl (C=O) groups is 1. The Morgan fingerprint density at radius 1 is 1.55 bits per heavy atom. The first kappa shape index (κ1) is 15.9. The molecule has 1 aliphatic heterocycles. The van der Waals surface area contributed by atoms with Crippen LogP contribution in [0.1, 0.15) is 18.4 Å². The largest absolute Gasteiger partial charge is 0.333 e. The summed E-state index contributed by atoms with van der Waals surface area (Å²) in [5, 5.41) is 11.7. The molecular formula is C17H17N3OS. The minimum Gasteiger partial charge on any atom is -0.333 e. The number of nitriles is 1. The first-order valence-electron chi connectivity index (χ1n) is 6.97. The summed E-state index contributed by atoms with van der Waals surface area (Å²) < 4.78 is 0. The van der Waals surface area contributed by atoms with E-state index in [0.717, 1.165) is 17.6 Å². The van der Waals surface area contributed by atoms with E-state index in [1.807, 2.05) is 36.6 Å². The van der Waals surface area contributed by atoms with Crippen molar-refractivity contribution in [3.8, 4) is 6.07 Å². The fraction of sp³-hybridized carbons (Fsp3) is 0.235. The Balaban J connectivity index is 2.22. The van der Waals surface area contributed by atoms with E-state index >= 15 is 0 Å². The Kier molecular flexibility index (Phi) is 5.45. The van der Waals surface area contributed by atoms with Gasteiger partial charge in [0.05, 0.1) is 0 Å². The summed E-state index contributed by atoms with van der Waals surface area (Å²) in [5.74, 6) is -0.247. The molecule has 0 unspecified atom stereocenters. The van der Waals surface area contributed by atoms with Gasteiger partial charge in [-0.3, -0.25) is 4.79 Å². The maximum atomic E-state index is 12.5. The van der Waals surface area contributed by atoms with Crippen LogP contribution in [0, 0.1) is 11.3 Å². The summed E-state index contributed by atoms with van der Waals surface area (Å²) in [7, 11) is 0. The standard InChI is InChI=1S/C17H17N3OS/c1-3-5-14-12-20(8-6-13(14)4-2)17(21)15(11-18)10-16-19-7-9-22-16/h3-5,7,9-10H,2,6,8,12H2,1H3/b5-3-,15-10+. The minimum absolute atomic E-state index is 0.122. The highest BCUT2D eigenvalue weighted by atomic mass is 32.1. The number of carbonyl (C=O) groups excluding carboxylic acids is 1. The van der Waals surface area contributed by atoms with Gasteiger partial charge >= 0.3 is 0 Å². The molecule has 2 rings (SSSR count). The molecule has 0 saturated carbocycles. The Bertz CT molecular complexity index is 690. The molecule has 1 aromatic heterocycles. The molecule has 112 valence electrons. The van der Waals surface area contributed by atoms with E-state index in [9.17, 15) is 10.1 Å². The lowest BCUT2D eigenvalue weighted by atomic mass is 9.99. The van der Waals surface area contributed by atoms with Crippen molar-refractivity contribution in [3.05, 3.63) is 58.1 Å². The van der Waals surface area contributed by atoms with Crippen LogP contribution in [0.4, 0.5) is 0 Å². The fourth-order valence-electron chi connectivity index (χ4n) is 2.31. The molecule has 0 aliphatic carbocycles. The normalized spacial score (nSPS) is 16.0. The average Bonchev–Trinajstić information content (AvgIpc) is 3.05. The molecule has 0 fully saturated rings. The third-order valence-electron chi connectivity index (χ3n) is 3.40. The van der Waals surface area contributed by atoms with Crippen molar-refractivity contribution >= 4 is 23.3 Å². The van der Waals surface area contributed by atoms with Gasteiger partial charge in [-0.2, -0.15) is 5.26 Å². The number of nitrogens with zero attached hydrogens (tertiary/aromatic N) is 3. The predicted molar refractivity (Wildman–Crippen MR) is 88.9 cm³/mol. The maximum Gasteiger partial charge on any atom is 0.264 e. The summed E-state index contributed by atoms with van der Waals surface area (Å²) in [6, 6.07) is 1.99. The number of thiazole rings is 1. The molecule has 0 atom stereocenters. The summed E-state index contributed by atoms with van der Waals surface area (Å²) in [4.78, 5) is 18.3. The molecule has 0 saturated heterocycles. The van der Waals surface area contributed by atoms with Crippen LogP contribution in [-0.2, 0) is 4.79 Å². The molecule has 1 aromatic rings. The van der Waals surface area contributed by atoms with Crippen LogP contribution in [0.15, 0.2) is 53.1 Å². The van der Waals surface area contributed by atoms with E-state index in [4.69, 9.17) is 0 Å². The van der Waals surface area contributed by atoms with Crippen molar-refractivity contribution in [3.63, 3.8) is 0 Å². The number of hydrogen-bond acceptors (Lipinski definition) is 4. The Morgan fingerprint density at radius 2 is 2.36 bits per heavy atom. The Morgan fingerprint density at radius 3 is 2.95 bits per heavy atom. The lowest BCUT2D eigenvalue weighted by molar-refractivity contribution is -0.126. The molecule has 0 aromatic carbocycles. The van der Waals surface area contributed by atoms with Gasteiger partial charge in [0.2, 0.25) is 0 Å². The molecule has 2 heterocycles. The van der Waals surface area contributed by atoms with Gasteiger partial charge in [-0.1, -0.05) is 24.8 Å². The van der Waals surface area contributed by atoms with Gasteiger partial charge in [0, 0.05) is 24.7 Å². The lowest BCUT2D eigenvalue weighted by Gasteiger charge is -2.29. The molecular weight excluding hydrogens is 294 g/mol. The lowest BCUT2D eigenvalue weighted by Crippen LogP contribution is -2.37. The van der Waals surface area contributed by atoms with E-state index in [2.05, 4.69) is 11.6 Å². The van der Waals surface area contributed by atoms with E-state index < -0.39 is 0 Å². The second kappa shape index (κ2) is 7.53. The maximum absolute atomic E-state index is 12.5. The number of aromatic nitrogens is 1. The molecule has 1 amide bonds. The zero-order valence-corrected chi connectivity index (χ0v) is 13.3. The zero-order chi connectivity index (χ0) is 15.9. The number of allylic oxidation sites excluding steroid dienone is 2. The van der Waals surface area contributed by atoms with Crippen molar-refractivity contribution < 1.29 is 4.79 Å². The van der Waals surface area contributed by atoms with Crippen LogP contribution >= 0.6 is 11.3 Å². The number of rotatable bonds is 4. The number of amides is 1. The van der Waals surface area contributed by atoms with E-state index in [1.54, 1.807) is 17.2 Å². The summed E-state index contributed by atoms with van der Waals surface area (Å²) in [6.07, 6.45) is 9.74. The number of hydrogen-bond donors (Lipinski definition) is 0. The highest BCUT2D eigenvalue weighted by Gasteiger charge is 2.23.